The third kappa shape index (κ3) is 2.75. The fourth-order valence-corrected chi connectivity index (χ4v) is 3.08. The zero-order chi connectivity index (χ0) is 16.8. The van der Waals surface area contributed by atoms with Gasteiger partial charge in [-0.05, 0) is 12.8 Å². The monoisotopic (exact) mass is 326 g/mol. The van der Waals surface area contributed by atoms with Crippen LogP contribution in [-0.2, 0) is 9.59 Å². The van der Waals surface area contributed by atoms with Crippen LogP contribution in [0, 0.1) is 12.3 Å². The molecule has 1 amide bonds. The Bertz CT molecular complexity index is 630. The van der Waals surface area contributed by atoms with E-state index in [9.17, 15) is 19.1 Å². The molecular formula is C14H19FN4O4. The molecule has 2 fully saturated rings. The molecule has 2 heterocycles. The Balaban J connectivity index is 1.70. The maximum absolute atomic E-state index is 13.8. The highest BCUT2D eigenvalue weighted by atomic mass is 19.1. The molecule has 1 saturated heterocycles. The van der Waals surface area contributed by atoms with Gasteiger partial charge in [-0.2, -0.15) is 0 Å². The van der Waals surface area contributed by atoms with Crippen molar-refractivity contribution in [1.29, 1.82) is 0 Å². The van der Waals surface area contributed by atoms with E-state index < -0.39 is 23.5 Å². The van der Waals surface area contributed by atoms with Crippen LogP contribution in [0.3, 0.4) is 0 Å². The molecule has 0 aromatic carbocycles. The summed E-state index contributed by atoms with van der Waals surface area (Å²) < 4.78 is 19.2. The molecule has 1 aliphatic carbocycles. The molecule has 1 aromatic rings. The second-order valence-corrected chi connectivity index (χ2v) is 6.32. The minimum Gasteiger partial charge on any atom is -0.480 e. The molecule has 0 spiro atoms. The summed E-state index contributed by atoms with van der Waals surface area (Å²) in [5, 5.41) is 16.8. The summed E-state index contributed by atoms with van der Waals surface area (Å²) in [7, 11) is 1.55. The number of aromatic nitrogens is 2. The van der Waals surface area contributed by atoms with Crippen molar-refractivity contribution >= 4 is 17.9 Å². The largest absolute Gasteiger partial charge is 0.480 e. The van der Waals surface area contributed by atoms with Crippen LogP contribution in [0.2, 0.25) is 0 Å². The Morgan fingerprint density at radius 1 is 1.48 bits per heavy atom. The van der Waals surface area contributed by atoms with Gasteiger partial charge in [-0.1, -0.05) is 5.10 Å². The van der Waals surface area contributed by atoms with Crippen molar-refractivity contribution in [2.24, 2.45) is 5.41 Å². The van der Waals surface area contributed by atoms with Gasteiger partial charge in [0.25, 0.3) is 0 Å². The van der Waals surface area contributed by atoms with Gasteiger partial charge in [0.2, 0.25) is 11.8 Å². The first-order chi connectivity index (χ1) is 10.8. The van der Waals surface area contributed by atoms with Gasteiger partial charge < -0.3 is 19.3 Å². The predicted molar refractivity (Wildman–Crippen MR) is 76.6 cm³/mol. The fraction of sp³-hybridized carbons (Fsp3) is 0.714. The second kappa shape index (κ2) is 5.47. The second-order valence-electron chi connectivity index (χ2n) is 6.32. The van der Waals surface area contributed by atoms with Gasteiger partial charge in [-0.25, -0.2) is 4.39 Å². The highest BCUT2D eigenvalue weighted by molar-refractivity contribution is 6.04. The molecule has 0 unspecified atom stereocenters. The minimum absolute atomic E-state index is 0.123. The fourth-order valence-electron chi connectivity index (χ4n) is 3.08. The SMILES string of the molecule is Cc1nnc(N2C[C@@H](F)C[C@H]2CN(C)C(=O)C2(C(=O)O)CC2)o1. The van der Waals surface area contributed by atoms with Gasteiger partial charge in [0.05, 0.1) is 12.6 Å². The van der Waals surface area contributed by atoms with Crippen LogP contribution < -0.4 is 4.90 Å². The molecule has 23 heavy (non-hydrogen) atoms. The number of carbonyl (C=O) groups excluding carboxylic acids is 1. The van der Waals surface area contributed by atoms with Gasteiger partial charge >= 0.3 is 12.0 Å². The van der Waals surface area contributed by atoms with Crippen LogP contribution in [0.25, 0.3) is 0 Å². The van der Waals surface area contributed by atoms with E-state index in [0.717, 1.165) is 0 Å². The minimum atomic E-state index is -1.28. The molecule has 9 heteroatoms. The summed E-state index contributed by atoms with van der Waals surface area (Å²) in [5.41, 5.74) is -1.28. The summed E-state index contributed by atoms with van der Waals surface area (Å²) in [6, 6.07) is -0.0868. The van der Waals surface area contributed by atoms with Crippen molar-refractivity contribution in [3.05, 3.63) is 5.89 Å². The number of likely N-dealkylation sites (N-methyl/N-ethyl adjacent to an activating group) is 1. The van der Waals surface area contributed by atoms with Crippen LogP contribution in [0.15, 0.2) is 4.42 Å². The van der Waals surface area contributed by atoms with Crippen LogP contribution in [-0.4, -0.2) is 64.4 Å². The Labute approximate surface area is 132 Å². The molecule has 8 nitrogen and oxygen atoms in total. The Morgan fingerprint density at radius 2 is 2.17 bits per heavy atom. The third-order valence-electron chi connectivity index (χ3n) is 4.52. The molecule has 0 bridgehead atoms. The molecule has 1 saturated carbocycles. The number of rotatable bonds is 5. The Kier molecular flexibility index (Phi) is 3.73. The van der Waals surface area contributed by atoms with Crippen LogP contribution in [0.5, 0.6) is 0 Å². The van der Waals surface area contributed by atoms with E-state index in [2.05, 4.69) is 10.2 Å². The lowest BCUT2D eigenvalue weighted by Gasteiger charge is -2.28. The molecule has 1 aliphatic heterocycles. The van der Waals surface area contributed by atoms with Gasteiger partial charge in [0.1, 0.15) is 11.6 Å². The summed E-state index contributed by atoms with van der Waals surface area (Å²) in [5.74, 6) is -1.13. The van der Waals surface area contributed by atoms with Crippen molar-refractivity contribution in [1.82, 2.24) is 15.1 Å². The molecule has 1 N–H and O–H groups in total. The lowest BCUT2D eigenvalue weighted by molar-refractivity contribution is -0.152. The lowest BCUT2D eigenvalue weighted by atomic mass is 10.1. The van der Waals surface area contributed by atoms with E-state index >= 15 is 0 Å². The van der Waals surface area contributed by atoms with Crippen molar-refractivity contribution < 1.29 is 23.5 Å². The maximum atomic E-state index is 13.8. The Hall–Kier alpha value is -2.19. The molecule has 0 radical (unpaired) electrons. The number of amides is 1. The summed E-state index contributed by atoms with van der Waals surface area (Å²) in [4.78, 5) is 26.6. The summed E-state index contributed by atoms with van der Waals surface area (Å²) >= 11 is 0. The number of carbonyl (C=O) groups is 2. The average molecular weight is 326 g/mol. The van der Waals surface area contributed by atoms with E-state index in [1.54, 1.807) is 18.9 Å². The molecule has 2 aliphatic rings. The normalized spacial score (nSPS) is 25.4. The van der Waals surface area contributed by atoms with E-state index in [-0.39, 0.29) is 31.6 Å². The first-order valence-corrected chi connectivity index (χ1v) is 7.53. The first-order valence-electron chi connectivity index (χ1n) is 7.53. The molecule has 3 rings (SSSR count). The first kappa shape index (κ1) is 15.7. The quantitative estimate of drug-likeness (QED) is 0.792. The zero-order valence-electron chi connectivity index (χ0n) is 13.0. The highest BCUT2D eigenvalue weighted by Crippen LogP contribution is 2.47. The molecular weight excluding hydrogens is 307 g/mol. The van der Waals surface area contributed by atoms with Gasteiger partial charge in [0, 0.05) is 26.9 Å². The number of aliphatic carboxylic acids is 1. The van der Waals surface area contributed by atoms with Crippen molar-refractivity contribution in [2.75, 3.05) is 25.0 Å². The highest BCUT2D eigenvalue weighted by Gasteiger charge is 2.58. The standard InChI is InChI=1S/C14H19FN4O4/c1-8-16-17-13(23-8)19-6-9(15)5-10(19)7-18(2)11(20)14(3-4-14)12(21)22/h9-10H,3-7H2,1-2H3,(H,21,22)/t9-,10-/m0/s1. The van der Waals surface area contributed by atoms with Gasteiger partial charge in [-0.15, -0.1) is 5.10 Å². The van der Waals surface area contributed by atoms with Crippen molar-refractivity contribution in [2.45, 2.75) is 38.4 Å². The van der Waals surface area contributed by atoms with Crippen LogP contribution in [0.1, 0.15) is 25.2 Å². The number of halogens is 1. The van der Waals surface area contributed by atoms with Crippen molar-refractivity contribution in [3.63, 3.8) is 0 Å². The topological polar surface area (TPSA) is 99.8 Å². The Morgan fingerprint density at radius 3 is 2.70 bits per heavy atom. The number of anilines is 1. The average Bonchev–Trinajstić information content (AvgIpc) is 3.08. The number of nitrogens with zero attached hydrogens (tertiary/aromatic N) is 4. The van der Waals surface area contributed by atoms with E-state index in [0.29, 0.717) is 18.7 Å². The number of carboxylic acids is 1. The molecule has 126 valence electrons. The number of aryl methyl sites for hydroxylation is 1. The van der Waals surface area contributed by atoms with Gasteiger partial charge in [0.15, 0.2) is 0 Å². The predicted octanol–water partition coefficient (Wildman–Crippen LogP) is 0.618. The summed E-state index contributed by atoms with van der Waals surface area (Å²) in [6.07, 6.45) is -0.104. The van der Waals surface area contributed by atoms with Gasteiger partial charge in [-0.3, -0.25) is 9.59 Å². The van der Waals surface area contributed by atoms with Crippen LogP contribution in [0.4, 0.5) is 10.4 Å². The number of hydrogen-bond acceptors (Lipinski definition) is 6. The number of carboxylic acid groups (broad SMARTS) is 1. The number of hydrogen-bond donors (Lipinski definition) is 1. The molecule has 1 aromatic heterocycles. The van der Waals surface area contributed by atoms with E-state index in [4.69, 9.17) is 4.42 Å². The maximum Gasteiger partial charge on any atom is 0.319 e. The van der Waals surface area contributed by atoms with Crippen LogP contribution >= 0.6 is 0 Å². The van der Waals surface area contributed by atoms with Crippen molar-refractivity contribution in [3.8, 4) is 0 Å². The van der Waals surface area contributed by atoms with E-state index in [1.165, 1.54) is 4.90 Å². The number of alkyl halides is 1. The lowest BCUT2D eigenvalue weighted by Crippen LogP contribution is -2.45. The zero-order valence-corrected chi connectivity index (χ0v) is 13.0. The smallest absolute Gasteiger partial charge is 0.319 e. The van der Waals surface area contributed by atoms with E-state index in [1.807, 2.05) is 0 Å². The molecule has 2 atom stereocenters. The summed E-state index contributed by atoms with van der Waals surface area (Å²) in [6.45, 7) is 1.99. The third-order valence-corrected chi connectivity index (χ3v) is 4.52.